The van der Waals surface area contributed by atoms with Gasteiger partial charge in [-0.15, -0.1) is 0 Å². The van der Waals surface area contributed by atoms with E-state index in [9.17, 15) is 4.79 Å². The van der Waals surface area contributed by atoms with Gasteiger partial charge >= 0.3 is 6.03 Å². The summed E-state index contributed by atoms with van der Waals surface area (Å²) in [5.74, 6) is 0.741. The van der Waals surface area contributed by atoms with Crippen molar-refractivity contribution in [3.05, 3.63) is 82.9 Å². The normalized spacial score (nSPS) is 14.9. The number of nitrogens with one attached hydrogen (secondary N) is 1. The molecule has 0 spiro atoms. The number of H-pyrrole nitrogens is 1. The van der Waals surface area contributed by atoms with Crippen LogP contribution in [0.4, 0.5) is 10.5 Å². The van der Waals surface area contributed by atoms with E-state index in [4.69, 9.17) is 16.9 Å². The Hall–Kier alpha value is -3.30. The van der Waals surface area contributed by atoms with Crippen molar-refractivity contribution >= 4 is 23.3 Å². The summed E-state index contributed by atoms with van der Waals surface area (Å²) in [6, 6.07) is 16.6. The molecule has 3 aromatic rings. The predicted molar refractivity (Wildman–Crippen MR) is 107 cm³/mol. The molecule has 1 fully saturated rings. The fraction of sp³-hybridized carbons (Fsp3) is 0.190. The minimum Gasteiger partial charge on any atom is -0.347 e. The standard InChI is InChI=1S/C21H18ClN5O/c22-17-2-1-3-18(13-17)26-10-11-27(21(26)28)19(20-24-8-9-25-20)12-15-4-6-16(14-23)7-5-15/h1-9,13,19H,10-12H2,(H,24,25)/t19-/m0/s1. The Balaban J connectivity index is 1.60. The Morgan fingerprint density at radius 3 is 2.71 bits per heavy atom. The molecule has 1 atom stereocenters. The summed E-state index contributed by atoms with van der Waals surface area (Å²) in [5, 5.41) is 9.59. The maximum absolute atomic E-state index is 13.2. The summed E-state index contributed by atoms with van der Waals surface area (Å²) in [5.41, 5.74) is 2.44. The molecule has 6 nitrogen and oxygen atoms in total. The van der Waals surface area contributed by atoms with Crippen LogP contribution in [-0.4, -0.2) is 34.0 Å². The van der Waals surface area contributed by atoms with Gasteiger partial charge in [-0.25, -0.2) is 9.78 Å². The topological polar surface area (TPSA) is 76.0 Å². The first-order chi connectivity index (χ1) is 13.7. The maximum atomic E-state index is 13.2. The van der Waals surface area contributed by atoms with Gasteiger partial charge in [0.25, 0.3) is 0 Å². The third kappa shape index (κ3) is 3.57. The number of amides is 2. The third-order valence-corrected chi connectivity index (χ3v) is 5.12. The molecule has 1 aliphatic heterocycles. The van der Waals surface area contributed by atoms with Crippen LogP contribution < -0.4 is 4.90 Å². The Bertz CT molecular complexity index is 1010. The van der Waals surface area contributed by atoms with Gasteiger partial charge in [-0.3, -0.25) is 4.90 Å². The van der Waals surface area contributed by atoms with Crippen LogP contribution in [0.2, 0.25) is 5.02 Å². The number of nitriles is 1. The van der Waals surface area contributed by atoms with Crippen LogP contribution in [0.15, 0.2) is 60.9 Å². The lowest BCUT2D eigenvalue weighted by Crippen LogP contribution is -2.36. The fourth-order valence-corrected chi connectivity index (χ4v) is 3.66. The van der Waals surface area contributed by atoms with E-state index in [0.717, 1.165) is 17.1 Å². The van der Waals surface area contributed by atoms with Gasteiger partial charge in [-0.1, -0.05) is 29.8 Å². The van der Waals surface area contributed by atoms with Gasteiger partial charge in [0, 0.05) is 42.6 Å². The van der Waals surface area contributed by atoms with Gasteiger partial charge < -0.3 is 9.88 Å². The molecule has 4 rings (SSSR count). The van der Waals surface area contributed by atoms with Crippen LogP contribution >= 0.6 is 11.6 Å². The quantitative estimate of drug-likeness (QED) is 0.709. The molecule has 0 unspecified atom stereocenters. The van der Waals surface area contributed by atoms with E-state index in [-0.39, 0.29) is 12.1 Å². The summed E-state index contributed by atoms with van der Waals surface area (Å²) < 4.78 is 0. The van der Waals surface area contributed by atoms with Gasteiger partial charge in [0.2, 0.25) is 0 Å². The number of nitrogens with zero attached hydrogens (tertiary/aromatic N) is 4. The minimum absolute atomic E-state index is 0.0719. The fourth-order valence-electron chi connectivity index (χ4n) is 3.48. The molecular formula is C21H18ClN5O. The third-order valence-electron chi connectivity index (χ3n) is 4.88. The first-order valence-corrected chi connectivity index (χ1v) is 9.35. The number of anilines is 1. The lowest BCUT2D eigenvalue weighted by molar-refractivity contribution is 0.198. The molecule has 2 aromatic carbocycles. The molecule has 1 saturated heterocycles. The monoisotopic (exact) mass is 391 g/mol. The molecule has 0 bridgehead atoms. The molecule has 0 saturated carbocycles. The molecule has 2 amide bonds. The Labute approximate surface area is 168 Å². The summed E-state index contributed by atoms with van der Waals surface area (Å²) in [7, 11) is 0. The number of imidazole rings is 1. The average Bonchev–Trinajstić information content (AvgIpc) is 3.37. The van der Waals surface area contributed by atoms with Crippen LogP contribution in [0.5, 0.6) is 0 Å². The van der Waals surface area contributed by atoms with Crippen LogP contribution in [0, 0.1) is 11.3 Å². The van der Waals surface area contributed by atoms with E-state index in [2.05, 4.69) is 16.0 Å². The molecule has 0 aliphatic carbocycles. The number of aromatic nitrogens is 2. The highest BCUT2D eigenvalue weighted by atomic mass is 35.5. The molecule has 28 heavy (non-hydrogen) atoms. The largest absolute Gasteiger partial charge is 0.347 e. The first-order valence-electron chi connectivity index (χ1n) is 8.98. The SMILES string of the molecule is N#Cc1ccc(C[C@@H](c2ncc[nH]2)N2CCN(c3cccc(Cl)c3)C2=O)cc1. The summed E-state index contributed by atoms with van der Waals surface area (Å²) in [6.07, 6.45) is 4.06. The van der Waals surface area contributed by atoms with Gasteiger partial charge in [-0.2, -0.15) is 5.26 Å². The number of rotatable bonds is 5. The Morgan fingerprint density at radius 2 is 2.04 bits per heavy atom. The summed E-state index contributed by atoms with van der Waals surface area (Å²) in [4.78, 5) is 24.3. The Kier molecular flexibility index (Phi) is 5.00. The lowest BCUT2D eigenvalue weighted by Gasteiger charge is -2.27. The van der Waals surface area contributed by atoms with E-state index in [0.29, 0.717) is 30.1 Å². The molecule has 7 heteroatoms. The van der Waals surface area contributed by atoms with Crippen molar-refractivity contribution in [1.29, 1.82) is 5.26 Å². The predicted octanol–water partition coefficient (Wildman–Crippen LogP) is 4.16. The second-order valence-corrected chi connectivity index (χ2v) is 7.05. The van der Waals surface area contributed by atoms with Gasteiger partial charge in [0.15, 0.2) is 0 Å². The number of carbonyl (C=O) groups is 1. The van der Waals surface area contributed by atoms with Crippen molar-refractivity contribution in [2.24, 2.45) is 0 Å². The number of halogens is 1. The van der Waals surface area contributed by atoms with Crippen LogP contribution in [0.25, 0.3) is 0 Å². The first kappa shape index (κ1) is 18.1. The molecule has 2 heterocycles. The highest BCUT2D eigenvalue weighted by molar-refractivity contribution is 6.30. The number of hydrogen-bond donors (Lipinski definition) is 1. The van der Waals surface area contributed by atoms with E-state index in [1.807, 2.05) is 29.2 Å². The molecule has 1 aliphatic rings. The number of aromatic amines is 1. The van der Waals surface area contributed by atoms with Gasteiger partial charge in [0.1, 0.15) is 5.82 Å². The number of urea groups is 1. The Morgan fingerprint density at radius 1 is 1.21 bits per heavy atom. The zero-order chi connectivity index (χ0) is 19.5. The maximum Gasteiger partial charge on any atom is 0.325 e. The molecule has 0 radical (unpaired) electrons. The van der Waals surface area contributed by atoms with Crippen molar-refractivity contribution in [3.8, 4) is 6.07 Å². The highest BCUT2D eigenvalue weighted by Crippen LogP contribution is 2.30. The van der Waals surface area contributed by atoms with E-state index < -0.39 is 0 Å². The lowest BCUT2D eigenvalue weighted by atomic mass is 10.0. The van der Waals surface area contributed by atoms with E-state index in [1.165, 1.54) is 0 Å². The number of benzene rings is 2. The van der Waals surface area contributed by atoms with Crippen LogP contribution in [0.3, 0.4) is 0 Å². The number of carbonyl (C=O) groups excluding carboxylic acids is 1. The van der Waals surface area contributed by atoms with Crippen molar-refractivity contribution in [2.75, 3.05) is 18.0 Å². The number of hydrogen-bond acceptors (Lipinski definition) is 3. The average molecular weight is 392 g/mol. The van der Waals surface area contributed by atoms with Crippen molar-refractivity contribution in [3.63, 3.8) is 0 Å². The molecule has 1 aromatic heterocycles. The molecule has 1 N–H and O–H groups in total. The second kappa shape index (κ2) is 7.75. The molecule has 140 valence electrons. The van der Waals surface area contributed by atoms with Crippen molar-refractivity contribution in [1.82, 2.24) is 14.9 Å². The highest BCUT2D eigenvalue weighted by Gasteiger charge is 2.36. The zero-order valence-electron chi connectivity index (χ0n) is 15.0. The minimum atomic E-state index is -0.223. The van der Waals surface area contributed by atoms with E-state index >= 15 is 0 Å². The zero-order valence-corrected chi connectivity index (χ0v) is 15.8. The van der Waals surface area contributed by atoms with Crippen molar-refractivity contribution < 1.29 is 4.79 Å². The van der Waals surface area contributed by atoms with Crippen LogP contribution in [-0.2, 0) is 6.42 Å². The summed E-state index contributed by atoms with van der Waals surface area (Å²) in [6.45, 7) is 1.18. The van der Waals surface area contributed by atoms with Gasteiger partial charge in [0.05, 0.1) is 17.7 Å². The second-order valence-electron chi connectivity index (χ2n) is 6.61. The molecular weight excluding hydrogens is 374 g/mol. The van der Waals surface area contributed by atoms with Crippen molar-refractivity contribution in [2.45, 2.75) is 12.5 Å². The smallest absolute Gasteiger partial charge is 0.325 e. The summed E-state index contributed by atoms with van der Waals surface area (Å²) >= 11 is 6.09. The van der Waals surface area contributed by atoms with E-state index in [1.54, 1.807) is 41.6 Å². The van der Waals surface area contributed by atoms with Gasteiger partial charge in [-0.05, 0) is 35.9 Å². The van der Waals surface area contributed by atoms with Crippen LogP contribution in [0.1, 0.15) is 23.0 Å².